The minimum Gasteiger partial charge on any atom is -0.324 e. The lowest BCUT2D eigenvalue weighted by atomic mass is 10.2. The fraction of sp³-hybridized carbons (Fsp3) is 0.562. The molecule has 2 aromatic rings. The summed E-state index contributed by atoms with van der Waals surface area (Å²) in [5.41, 5.74) is 3.73. The molecule has 1 aliphatic carbocycles. The molecule has 1 heterocycles. The van der Waals surface area contributed by atoms with Crippen LogP contribution in [0.5, 0.6) is 0 Å². The van der Waals surface area contributed by atoms with Crippen LogP contribution in [0.15, 0.2) is 18.2 Å². The van der Waals surface area contributed by atoms with Gasteiger partial charge < -0.3 is 9.88 Å². The van der Waals surface area contributed by atoms with Crippen LogP contribution < -0.4 is 5.32 Å². The van der Waals surface area contributed by atoms with E-state index >= 15 is 0 Å². The standard InChI is InChI=1S/C16H23N3/c1-4-9-17-12(3)16-18-14-10-11(2)5-8-15(14)19(16)13-6-7-13/h5,8,10,12-13,17H,4,6-7,9H2,1-3H3. The van der Waals surface area contributed by atoms with Crippen LogP contribution in [0.25, 0.3) is 11.0 Å². The highest BCUT2D eigenvalue weighted by molar-refractivity contribution is 5.77. The maximum atomic E-state index is 4.89. The summed E-state index contributed by atoms with van der Waals surface area (Å²) in [5, 5.41) is 3.56. The predicted molar refractivity (Wildman–Crippen MR) is 79.4 cm³/mol. The van der Waals surface area contributed by atoms with E-state index in [9.17, 15) is 0 Å². The molecule has 1 atom stereocenters. The SMILES string of the molecule is CCCNC(C)c1nc2cc(C)ccc2n1C1CC1. The predicted octanol–water partition coefficient (Wildman–Crippen LogP) is 3.74. The molecule has 1 aromatic carbocycles. The molecule has 1 aliphatic rings. The number of imidazole rings is 1. The number of aromatic nitrogens is 2. The molecule has 0 radical (unpaired) electrons. The van der Waals surface area contributed by atoms with Crippen molar-refractivity contribution in [1.29, 1.82) is 0 Å². The van der Waals surface area contributed by atoms with Crippen LogP contribution in [0, 0.1) is 6.92 Å². The molecule has 1 N–H and O–H groups in total. The summed E-state index contributed by atoms with van der Waals surface area (Å²) in [7, 11) is 0. The van der Waals surface area contributed by atoms with Gasteiger partial charge in [-0.15, -0.1) is 0 Å². The number of rotatable bonds is 5. The van der Waals surface area contributed by atoms with E-state index in [2.05, 4.69) is 48.9 Å². The lowest BCUT2D eigenvalue weighted by Crippen LogP contribution is -2.22. The third kappa shape index (κ3) is 2.39. The van der Waals surface area contributed by atoms with E-state index in [1.54, 1.807) is 0 Å². The summed E-state index contributed by atoms with van der Waals surface area (Å²) < 4.78 is 2.46. The van der Waals surface area contributed by atoms with Gasteiger partial charge in [0.1, 0.15) is 5.82 Å². The third-order valence-electron chi connectivity index (χ3n) is 3.87. The minimum atomic E-state index is 0.327. The summed E-state index contributed by atoms with van der Waals surface area (Å²) >= 11 is 0. The van der Waals surface area contributed by atoms with Gasteiger partial charge in [0, 0.05) is 6.04 Å². The first kappa shape index (κ1) is 12.7. The van der Waals surface area contributed by atoms with E-state index in [1.165, 1.54) is 29.7 Å². The fourth-order valence-electron chi connectivity index (χ4n) is 2.70. The summed E-state index contributed by atoms with van der Waals surface area (Å²) in [6.45, 7) is 7.61. The highest BCUT2D eigenvalue weighted by Crippen LogP contribution is 2.40. The number of nitrogens with one attached hydrogen (secondary N) is 1. The van der Waals surface area contributed by atoms with Gasteiger partial charge in [-0.2, -0.15) is 0 Å². The maximum absolute atomic E-state index is 4.89. The highest BCUT2D eigenvalue weighted by atomic mass is 15.2. The molecule has 1 saturated carbocycles. The van der Waals surface area contributed by atoms with Crippen LogP contribution in [-0.2, 0) is 0 Å². The molecule has 0 amide bonds. The van der Waals surface area contributed by atoms with Gasteiger partial charge in [-0.3, -0.25) is 0 Å². The molecule has 3 heteroatoms. The second-order valence-corrected chi connectivity index (χ2v) is 5.74. The van der Waals surface area contributed by atoms with E-state index in [0.29, 0.717) is 12.1 Å². The number of benzene rings is 1. The molecule has 1 fully saturated rings. The normalized spacial score (nSPS) is 17.0. The summed E-state index contributed by atoms with van der Waals surface area (Å²) in [4.78, 5) is 4.89. The molecule has 1 aromatic heterocycles. The van der Waals surface area contributed by atoms with Crippen molar-refractivity contribution in [2.75, 3.05) is 6.54 Å². The van der Waals surface area contributed by atoms with Gasteiger partial charge in [-0.25, -0.2) is 4.98 Å². The Labute approximate surface area is 115 Å². The van der Waals surface area contributed by atoms with Crippen molar-refractivity contribution in [3.8, 4) is 0 Å². The smallest absolute Gasteiger partial charge is 0.127 e. The monoisotopic (exact) mass is 257 g/mol. The topological polar surface area (TPSA) is 29.9 Å². The van der Waals surface area contributed by atoms with Crippen molar-refractivity contribution >= 4 is 11.0 Å². The molecule has 0 bridgehead atoms. The molecule has 3 rings (SSSR count). The summed E-state index contributed by atoms with van der Waals surface area (Å²) in [6.07, 6.45) is 3.76. The molecule has 0 aliphatic heterocycles. The summed E-state index contributed by atoms with van der Waals surface area (Å²) in [6, 6.07) is 7.62. The second kappa shape index (κ2) is 4.97. The Bertz CT molecular complexity index is 581. The van der Waals surface area contributed by atoms with Crippen LogP contribution in [-0.4, -0.2) is 16.1 Å². The third-order valence-corrected chi connectivity index (χ3v) is 3.87. The minimum absolute atomic E-state index is 0.327. The molecule has 0 spiro atoms. The number of hydrogen-bond donors (Lipinski definition) is 1. The van der Waals surface area contributed by atoms with Gasteiger partial charge in [-0.05, 0) is 57.4 Å². The first-order chi connectivity index (χ1) is 9.20. The zero-order valence-corrected chi connectivity index (χ0v) is 12.1. The van der Waals surface area contributed by atoms with Gasteiger partial charge in [0.2, 0.25) is 0 Å². The van der Waals surface area contributed by atoms with Crippen molar-refractivity contribution in [2.24, 2.45) is 0 Å². The Kier molecular flexibility index (Phi) is 3.31. The Hall–Kier alpha value is -1.35. The number of hydrogen-bond acceptors (Lipinski definition) is 2. The quantitative estimate of drug-likeness (QED) is 0.884. The van der Waals surface area contributed by atoms with Crippen molar-refractivity contribution in [2.45, 2.75) is 52.1 Å². The number of fused-ring (bicyclic) bond motifs is 1. The van der Waals surface area contributed by atoms with Crippen molar-refractivity contribution in [3.05, 3.63) is 29.6 Å². The van der Waals surface area contributed by atoms with Gasteiger partial charge >= 0.3 is 0 Å². The molecule has 3 nitrogen and oxygen atoms in total. The molecule has 1 unspecified atom stereocenters. The van der Waals surface area contributed by atoms with Gasteiger partial charge in [0.05, 0.1) is 17.1 Å². The van der Waals surface area contributed by atoms with Crippen LogP contribution >= 0.6 is 0 Å². The Morgan fingerprint density at radius 3 is 2.89 bits per heavy atom. The van der Waals surface area contributed by atoms with Crippen molar-refractivity contribution in [3.63, 3.8) is 0 Å². The van der Waals surface area contributed by atoms with E-state index in [-0.39, 0.29) is 0 Å². The zero-order valence-electron chi connectivity index (χ0n) is 12.1. The van der Waals surface area contributed by atoms with Crippen LogP contribution in [0.3, 0.4) is 0 Å². The second-order valence-electron chi connectivity index (χ2n) is 5.74. The number of nitrogens with zero attached hydrogens (tertiary/aromatic N) is 2. The number of aryl methyl sites for hydroxylation is 1. The average Bonchev–Trinajstić information content (AvgIpc) is 3.16. The molecule has 19 heavy (non-hydrogen) atoms. The first-order valence-corrected chi connectivity index (χ1v) is 7.42. The lowest BCUT2D eigenvalue weighted by molar-refractivity contribution is 0.518. The zero-order chi connectivity index (χ0) is 13.4. The van der Waals surface area contributed by atoms with Crippen LogP contribution in [0.2, 0.25) is 0 Å². The Morgan fingerprint density at radius 1 is 1.42 bits per heavy atom. The highest BCUT2D eigenvalue weighted by Gasteiger charge is 2.29. The Morgan fingerprint density at radius 2 is 2.21 bits per heavy atom. The van der Waals surface area contributed by atoms with Gasteiger partial charge in [-0.1, -0.05) is 13.0 Å². The van der Waals surface area contributed by atoms with Gasteiger partial charge in [0.15, 0.2) is 0 Å². The fourth-order valence-corrected chi connectivity index (χ4v) is 2.70. The first-order valence-electron chi connectivity index (χ1n) is 7.42. The van der Waals surface area contributed by atoms with E-state index in [1.807, 2.05) is 0 Å². The molecular formula is C16H23N3. The lowest BCUT2D eigenvalue weighted by Gasteiger charge is -2.15. The molecular weight excluding hydrogens is 234 g/mol. The Balaban J connectivity index is 2.04. The van der Waals surface area contributed by atoms with E-state index in [0.717, 1.165) is 18.5 Å². The van der Waals surface area contributed by atoms with Crippen LogP contribution in [0.1, 0.15) is 56.6 Å². The van der Waals surface area contributed by atoms with E-state index in [4.69, 9.17) is 4.98 Å². The largest absolute Gasteiger partial charge is 0.324 e. The average molecular weight is 257 g/mol. The van der Waals surface area contributed by atoms with Gasteiger partial charge in [0.25, 0.3) is 0 Å². The van der Waals surface area contributed by atoms with Crippen molar-refractivity contribution < 1.29 is 0 Å². The van der Waals surface area contributed by atoms with E-state index < -0.39 is 0 Å². The molecule has 102 valence electrons. The maximum Gasteiger partial charge on any atom is 0.127 e. The summed E-state index contributed by atoms with van der Waals surface area (Å²) in [5.74, 6) is 1.21. The van der Waals surface area contributed by atoms with Crippen LogP contribution in [0.4, 0.5) is 0 Å². The van der Waals surface area contributed by atoms with Crippen molar-refractivity contribution in [1.82, 2.24) is 14.9 Å². The molecule has 0 saturated heterocycles.